The summed E-state index contributed by atoms with van der Waals surface area (Å²) in [5.41, 5.74) is 0.557. The third kappa shape index (κ3) is 6.54. The number of hydrogen-bond donors (Lipinski definition) is 5. The molecule has 0 aromatic heterocycles. The molecule has 0 saturated carbocycles. The summed E-state index contributed by atoms with van der Waals surface area (Å²) in [6.45, 7) is 0. The summed E-state index contributed by atoms with van der Waals surface area (Å²) in [4.78, 5) is 23.6. The van der Waals surface area contributed by atoms with Gasteiger partial charge in [-0.3, -0.25) is 4.79 Å². The molecule has 0 aliphatic carbocycles. The molecule has 0 radical (unpaired) electrons. The number of aliphatic hydroxyl groups excluding tert-OH is 3. The van der Waals surface area contributed by atoms with Crippen molar-refractivity contribution in [3.8, 4) is 17.2 Å². The van der Waals surface area contributed by atoms with Gasteiger partial charge in [-0.05, 0) is 120 Å². The number of phenols is 1. The molecule has 0 unspecified atom stereocenters. The Labute approximate surface area is 247 Å². The van der Waals surface area contributed by atoms with Crippen LogP contribution in [-0.2, 0) is 25.5 Å². The van der Waals surface area contributed by atoms with Crippen molar-refractivity contribution in [3.63, 3.8) is 0 Å². The summed E-state index contributed by atoms with van der Waals surface area (Å²) in [5, 5.41) is 48.6. The zero-order valence-corrected chi connectivity index (χ0v) is 25.3. The molecule has 2 aromatic rings. The summed E-state index contributed by atoms with van der Waals surface area (Å²) in [6.07, 6.45) is -9.41. The van der Waals surface area contributed by atoms with Gasteiger partial charge in [0.2, 0.25) is 6.29 Å². The number of aliphatic carboxylic acids is 1. The highest BCUT2D eigenvalue weighted by molar-refractivity contribution is 14.1. The first-order valence-electron chi connectivity index (χ1n) is 9.34. The van der Waals surface area contributed by atoms with Gasteiger partial charge >= 0.3 is 11.9 Å². The first kappa shape index (κ1) is 28.3. The van der Waals surface area contributed by atoms with Crippen LogP contribution in [0.5, 0.6) is 17.2 Å². The highest BCUT2D eigenvalue weighted by Crippen LogP contribution is 2.37. The van der Waals surface area contributed by atoms with Crippen molar-refractivity contribution in [2.75, 3.05) is 0 Å². The van der Waals surface area contributed by atoms with Gasteiger partial charge in [0.25, 0.3) is 0 Å². The Balaban J connectivity index is 1.71. The lowest BCUT2D eigenvalue weighted by molar-refractivity contribution is -0.286. The SMILES string of the molecule is O=C(Cc1cc(I)c(Oc2cc(I)c(O)c(I)c2)c(I)c1)O[C@@H]1O[C@H](C(=O)O)[C@@H](O)[C@H](O)[C@H]1O. The van der Waals surface area contributed by atoms with Crippen molar-refractivity contribution in [3.05, 3.63) is 44.1 Å². The summed E-state index contributed by atoms with van der Waals surface area (Å²) in [6, 6.07) is 6.79. The van der Waals surface area contributed by atoms with Gasteiger partial charge in [-0.15, -0.1) is 0 Å². The average molecular weight is 924 g/mol. The fourth-order valence-corrected chi connectivity index (χ4v) is 6.85. The molecule has 5 atom stereocenters. The molecular formula is C20H16I4O10. The van der Waals surface area contributed by atoms with Gasteiger partial charge in [0.15, 0.2) is 11.9 Å². The summed E-state index contributed by atoms with van der Waals surface area (Å²) in [7, 11) is 0. The molecule has 0 bridgehead atoms. The summed E-state index contributed by atoms with van der Waals surface area (Å²) < 4.78 is 18.7. The minimum Gasteiger partial charge on any atom is -0.506 e. The second kappa shape index (κ2) is 11.9. The van der Waals surface area contributed by atoms with Crippen LogP contribution in [0.1, 0.15) is 5.56 Å². The third-order valence-corrected chi connectivity index (χ3v) is 7.92. The Bertz CT molecular complexity index is 1060. The minimum absolute atomic E-state index is 0.176. The Morgan fingerprint density at radius 1 is 0.882 bits per heavy atom. The van der Waals surface area contributed by atoms with E-state index in [0.717, 1.165) is 0 Å². The Morgan fingerprint density at radius 3 is 1.97 bits per heavy atom. The fourth-order valence-electron chi connectivity index (χ4n) is 3.02. The maximum atomic E-state index is 12.4. The Kier molecular flexibility index (Phi) is 9.87. The number of phenolic OH excluding ortho intramolecular Hbond substituents is 1. The molecule has 5 N–H and O–H groups in total. The lowest BCUT2D eigenvalue weighted by atomic mass is 9.99. The van der Waals surface area contributed by atoms with E-state index in [1.165, 1.54) is 0 Å². The van der Waals surface area contributed by atoms with E-state index < -0.39 is 42.6 Å². The molecule has 34 heavy (non-hydrogen) atoms. The average Bonchev–Trinajstić information content (AvgIpc) is 2.74. The maximum Gasteiger partial charge on any atom is 0.335 e. The van der Waals surface area contributed by atoms with Crippen LogP contribution >= 0.6 is 90.4 Å². The van der Waals surface area contributed by atoms with Crippen LogP contribution in [0.15, 0.2) is 24.3 Å². The van der Waals surface area contributed by atoms with Crippen molar-refractivity contribution in [2.24, 2.45) is 0 Å². The van der Waals surface area contributed by atoms with Crippen LogP contribution in [0.25, 0.3) is 0 Å². The van der Waals surface area contributed by atoms with Crippen LogP contribution < -0.4 is 4.74 Å². The van der Waals surface area contributed by atoms with Crippen molar-refractivity contribution < 1.29 is 49.3 Å². The third-order valence-electron chi connectivity index (χ3n) is 4.68. The van der Waals surface area contributed by atoms with Gasteiger partial charge in [-0.2, -0.15) is 0 Å². The van der Waals surface area contributed by atoms with Crippen molar-refractivity contribution in [1.82, 2.24) is 0 Å². The Hall–Kier alpha value is -0.260. The van der Waals surface area contributed by atoms with Crippen molar-refractivity contribution >= 4 is 102 Å². The number of esters is 1. The fraction of sp³-hybridized carbons (Fsp3) is 0.300. The number of aliphatic hydroxyl groups is 3. The minimum atomic E-state index is -1.88. The number of halogens is 4. The molecule has 1 saturated heterocycles. The molecule has 0 amide bonds. The number of benzene rings is 2. The molecule has 3 rings (SSSR count). The van der Waals surface area contributed by atoms with E-state index in [4.69, 9.17) is 19.3 Å². The molecule has 1 fully saturated rings. The number of carbonyl (C=O) groups is 2. The Morgan fingerprint density at radius 2 is 1.44 bits per heavy atom. The van der Waals surface area contributed by atoms with E-state index >= 15 is 0 Å². The predicted octanol–water partition coefficient (Wildman–Crippen LogP) is 2.58. The molecule has 1 aliphatic heterocycles. The number of carboxylic acids is 1. The maximum absolute atomic E-state index is 12.4. The van der Waals surface area contributed by atoms with E-state index in [2.05, 4.69) is 45.2 Å². The summed E-state index contributed by atoms with van der Waals surface area (Å²) in [5.74, 6) is -1.14. The number of ether oxygens (including phenoxy) is 3. The van der Waals surface area contributed by atoms with E-state index in [1.807, 2.05) is 45.2 Å². The van der Waals surface area contributed by atoms with Crippen molar-refractivity contribution in [1.29, 1.82) is 0 Å². The second-order valence-electron chi connectivity index (χ2n) is 7.13. The highest BCUT2D eigenvalue weighted by Gasteiger charge is 2.48. The van der Waals surface area contributed by atoms with E-state index in [-0.39, 0.29) is 12.2 Å². The largest absolute Gasteiger partial charge is 0.506 e. The van der Waals surface area contributed by atoms with Crippen LogP contribution in [0.4, 0.5) is 0 Å². The molecular weight excluding hydrogens is 908 g/mol. The van der Waals surface area contributed by atoms with Gasteiger partial charge in [-0.1, -0.05) is 0 Å². The molecule has 14 heteroatoms. The topological polar surface area (TPSA) is 163 Å². The van der Waals surface area contributed by atoms with Gasteiger partial charge in [0.05, 0.1) is 20.7 Å². The molecule has 1 heterocycles. The normalized spacial score (nSPS) is 24.5. The molecule has 1 aliphatic rings. The zero-order chi connectivity index (χ0) is 25.3. The van der Waals surface area contributed by atoms with E-state index in [1.54, 1.807) is 24.3 Å². The smallest absolute Gasteiger partial charge is 0.335 e. The van der Waals surface area contributed by atoms with Crippen LogP contribution in [-0.4, -0.2) is 68.2 Å². The molecule has 0 spiro atoms. The van der Waals surface area contributed by atoms with Gasteiger partial charge < -0.3 is 39.7 Å². The van der Waals surface area contributed by atoms with Crippen LogP contribution in [0.3, 0.4) is 0 Å². The standard InChI is InChI=1S/C20H16I4O10/c21-8-4-7(5-9(22)13(8)26)32-17-10(23)1-6(2-11(17)24)3-12(25)33-20-16(29)14(27)15(28)18(34-20)19(30)31/h1-2,4-5,14-16,18,20,26-29H,3H2,(H,30,31)/t14-,15-,16+,18-,20+/m0/s1. The van der Waals surface area contributed by atoms with Crippen LogP contribution in [0.2, 0.25) is 0 Å². The number of carbonyl (C=O) groups excluding carboxylic acids is 1. The van der Waals surface area contributed by atoms with Crippen molar-refractivity contribution in [2.45, 2.75) is 37.1 Å². The van der Waals surface area contributed by atoms with Gasteiger partial charge in [0.1, 0.15) is 29.8 Å². The molecule has 10 nitrogen and oxygen atoms in total. The first-order chi connectivity index (χ1) is 15.9. The summed E-state index contributed by atoms with van der Waals surface area (Å²) >= 11 is 8.12. The monoisotopic (exact) mass is 924 g/mol. The lowest BCUT2D eigenvalue weighted by Gasteiger charge is -2.37. The number of carboxylic acid groups (broad SMARTS) is 1. The predicted molar refractivity (Wildman–Crippen MR) is 150 cm³/mol. The molecule has 184 valence electrons. The molecule has 2 aromatic carbocycles. The van der Waals surface area contributed by atoms with E-state index in [0.29, 0.717) is 31.3 Å². The number of aromatic hydroxyl groups is 1. The first-order valence-corrected chi connectivity index (χ1v) is 13.7. The van der Waals surface area contributed by atoms with Gasteiger partial charge in [-0.25, -0.2) is 4.79 Å². The lowest BCUT2D eigenvalue weighted by Crippen LogP contribution is -2.60. The van der Waals surface area contributed by atoms with E-state index in [9.17, 15) is 30.0 Å². The van der Waals surface area contributed by atoms with Gasteiger partial charge in [0, 0.05) is 0 Å². The quantitative estimate of drug-likeness (QED) is 0.215. The van der Waals surface area contributed by atoms with Crippen LogP contribution in [0, 0.1) is 14.3 Å². The number of hydrogen-bond acceptors (Lipinski definition) is 9. The highest BCUT2D eigenvalue weighted by atomic mass is 127. The second-order valence-corrected chi connectivity index (χ2v) is 11.8. The number of rotatable bonds is 6. The zero-order valence-electron chi connectivity index (χ0n) is 16.7.